The number of nitrogens with one attached hydrogen (secondary N) is 1. The second kappa shape index (κ2) is 5.25. The molecule has 3 aliphatic rings. The summed E-state index contributed by atoms with van der Waals surface area (Å²) in [7, 11) is 0. The fourth-order valence-electron chi connectivity index (χ4n) is 3.88. The zero-order valence-electron chi connectivity index (χ0n) is 11.2. The van der Waals surface area contributed by atoms with Crippen LogP contribution in [0.25, 0.3) is 0 Å². The Morgan fingerprint density at radius 3 is 2.88 bits per heavy atom. The van der Waals surface area contributed by atoms with E-state index in [0.717, 1.165) is 18.0 Å². The quantitative estimate of drug-likeness (QED) is 0.777. The highest BCUT2D eigenvalue weighted by Crippen LogP contribution is 2.23. The Labute approximate surface area is 106 Å². The van der Waals surface area contributed by atoms with Crippen LogP contribution in [0.1, 0.15) is 32.6 Å². The molecule has 3 unspecified atom stereocenters. The fraction of sp³-hybridized carbons (Fsp3) is 1.00. The van der Waals surface area contributed by atoms with Crippen LogP contribution in [0.15, 0.2) is 0 Å². The SMILES string of the molecule is CC1NCCC1CN1CCN2CCCCC2C1. The Morgan fingerprint density at radius 2 is 2.06 bits per heavy atom. The average Bonchev–Trinajstić information content (AvgIpc) is 2.75. The van der Waals surface area contributed by atoms with Gasteiger partial charge in [-0.25, -0.2) is 0 Å². The van der Waals surface area contributed by atoms with Crippen molar-refractivity contribution in [1.82, 2.24) is 15.1 Å². The van der Waals surface area contributed by atoms with Gasteiger partial charge in [0.1, 0.15) is 0 Å². The van der Waals surface area contributed by atoms with E-state index in [2.05, 4.69) is 22.0 Å². The van der Waals surface area contributed by atoms with Crippen LogP contribution < -0.4 is 5.32 Å². The van der Waals surface area contributed by atoms with Gasteiger partial charge in [0.2, 0.25) is 0 Å². The first-order valence-electron chi connectivity index (χ1n) is 7.53. The summed E-state index contributed by atoms with van der Waals surface area (Å²) < 4.78 is 0. The lowest BCUT2D eigenvalue weighted by atomic mass is 9.97. The topological polar surface area (TPSA) is 18.5 Å². The normalized spacial score (nSPS) is 40.4. The maximum atomic E-state index is 3.58. The molecule has 1 N–H and O–H groups in total. The number of fused-ring (bicyclic) bond motifs is 1. The van der Waals surface area contributed by atoms with Gasteiger partial charge in [0, 0.05) is 38.3 Å². The summed E-state index contributed by atoms with van der Waals surface area (Å²) in [6.07, 6.45) is 5.71. The second-order valence-electron chi connectivity index (χ2n) is 6.24. The lowest BCUT2D eigenvalue weighted by Crippen LogP contribution is -2.55. The van der Waals surface area contributed by atoms with Crippen LogP contribution in [0.4, 0.5) is 0 Å². The highest BCUT2D eigenvalue weighted by Gasteiger charge is 2.31. The molecule has 3 aliphatic heterocycles. The first-order chi connectivity index (χ1) is 8.33. The Balaban J connectivity index is 1.51. The fourth-order valence-corrected chi connectivity index (χ4v) is 3.88. The number of piperazine rings is 1. The molecule has 0 aliphatic carbocycles. The minimum Gasteiger partial charge on any atom is -0.314 e. The maximum Gasteiger partial charge on any atom is 0.0223 e. The van der Waals surface area contributed by atoms with E-state index in [1.807, 2.05) is 0 Å². The standard InChI is InChI=1S/C14H27N3/c1-12-13(5-6-15-12)10-16-8-9-17-7-3-2-4-14(17)11-16/h12-15H,2-11H2,1H3. The summed E-state index contributed by atoms with van der Waals surface area (Å²) in [4.78, 5) is 5.47. The maximum absolute atomic E-state index is 3.58. The summed E-state index contributed by atoms with van der Waals surface area (Å²) in [5.41, 5.74) is 0. The molecular formula is C14H27N3. The zero-order valence-corrected chi connectivity index (χ0v) is 11.2. The lowest BCUT2D eigenvalue weighted by Gasteiger charge is -2.44. The third-order valence-corrected chi connectivity index (χ3v) is 5.10. The molecule has 3 fully saturated rings. The molecule has 3 heterocycles. The van der Waals surface area contributed by atoms with Crippen LogP contribution in [0, 0.1) is 5.92 Å². The van der Waals surface area contributed by atoms with Crippen LogP contribution in [0.2, 0.25) is 0 Å². The molecule has 0 aromatic rings. The Hall–Kier alpha value is -0.120. The van der Waals surface area contributed by atoms with Crippen molar-refractivity contribution in [2.45, 2.75) is 44.7 Å². The van der Waals surface area contributed by atoms with E-state index >= 15 is 0 Å². The highest BCUT2D eigenvalue weighted by molar-refractivity contribution is 4.88. The van der Waals surface area contributed by atoms with E-state index in [-0.39, 0.29) is 0 Å². The third-order valence-electron chi connectivity index (χ3n) is 5.10. The summed E-state index contributed by atoms with van der Waals surface area (Å²) in [5.74, 6) is 0.894. The van der Waals surface area contributed by atoms with E-state index < -0.39 is 0 Å². The highest BCUT2D eigenvalue weighted by atomic mass is 15.3. The molecule has 0 aromatic carbocycles. The third kappa shape index (κ3) is 2.67. The molecule has 0 bridgehead atoms. The molecule has 3 saturated heterocycles. The minimum absolute atomic E-state index is 0.736. The van der Waals surface area contributed by atoms with Crippen molar-refractivity contribution in [3.05, 3.63) is 0 Å². The predicted octanol–water partition coefficient (Wildman–Crippen LogP) is 1.15. The largest absolute Gasteiger partial charge is 0.314 e. The van der Waals surface area contributed by atoms with Crippen molar-refractivity contribution >= 4 is 0 Å². The first-order valence-corrected chi connectivity index (χ1v) is 7.53. The van der Waals surface area contributed by atoms with Gasteiger partial charge < -0.3 is 10.2 Å². The Kier molecular flexibility index (Phi) is 3.69. The molecule has 0 saturated carbocycles. The second-order valence-corrected chi connectivity index (χ2v) is 6.24. The first kappa shape index (κ1) is 11.9. The Bertz CT molecular complexity index is 256. The van der Waals surface area contributed by atoms with Crippen molar-refractivity contribution in [2.24, 2.45) is 5.92 Å². The van der Waals surface area contributed by atoms with Crippen molar-refractivity contribution in [1.29, 1.82) is 0 Å². The van der Waals surface area contributed by atoms with E-state index in [1.54, 1.807) is 0 Å². The number of hydrogen-bond acceptors (Lipinski definition) is 3. The number of rotatable bonds is 2. The zero-order chi connectivity index (χ0) is 11.7. The van der Waals surface area contributed by atoms with Gasteiger partial charge in [-0.2, -0.15) is 0 Å². The van der Waals surface area contributed by atoms with Gasteiger partial charge in [0.25, 0.3) is 0 Å². The van der Waals surface area contributed by atoms with Crippen molar-refractivity contribution < 1.29 is 0 Å². The van der Waals surface area contributed by atoms with Crippen molar-refractivity contribution in [3.63, 3.8) is 0 Å². The molecule has 3 atom stereocenters. The van der Waals surface area contributed by atoms with Crippen LogP contribution >= 0.6 is 0 Å². The molecular weight excluding hydrogens is 210 g/mol. The van der Waals surface area contributed by atoms with Crippen LogP contribution in [-0.2, 0) is 0 Å². The van der Waals surface area contributed by atoms with Gasteiger partial charge in [-0.15, -0.1) is 0 Å². The van der Waals surface area contributed by atoms with Crippen molar-refractivity contribution in [3.8, 4) is 0 Å². The van der Waals surface area contributed by atoms with Crippen molar-refractivity contribution in [2.75, 3.05) is 39.3 Å². The predicted molar refractivity (Wildman–Crippen MR) is 71.2 cm³/mol. The summed E-state index contributed by atoms with van der Waals surface area (Å²) >= 11 is 0. The lowest BCUT2D eigenvalue weighted by molar-refractivity contribution is 0.0412. The van der Waals surface area contributed by atoms with Gasteiger partial charge in [0.05, 0.1) is 0 Å². The number of piperidine rings is 1. The van der Waals surface area contributed by atoms with Crippen LogP contribution in [0.3, 0.4) is 0 Å². The molecule has 0 amide bonds. The number of hydrogen-bond donors (Lipinski definition) is 1. The van der Waals surface area contributed by atoms with Gasteiger partial charge in [0.15, 0.2) is 0 Å². The van der Waals surface area contributed by atoms with E-state index in [4.69, 9.17) is 0 Å². The van der Waals surface area contributed by atoms with Gasteiger partial charge in [-0.3, -0.25) is 4.90 Å². The van der Waals surface area contributed by atoms with Crippen LogP contribution in [0.5, 0.6) is 0 Å². The monoisotopic (exact) mass is 237 g/mol. The average molecular weight is 237 g/mol. The van der Waals surface area contributed by atoms with Gasteiger partial charge in [-0.1, -0.05) is 6.42 Å². The van der Waals surface area contributed by atoms with Crippen LogP contribution in [-0.4, -0.2) is 61.2 Å². The Morgan fingerprint density at radius 1 is 1.12 bits per heavy atom. The molecule has 3 nitrogen and oxygen atoms in total. The molecule has 3 heteroatoms. The molecule has 0 aromatic heterocycles. The smallest absolute Gasteiger partial charge is 0.0223 e. The van der Waals surface area contributed by atoms with Gasteiger partial charge >= 0.3 is 0 Å². The minimum atomic E-state index is 0.736. The molecule has 0 radical (unpaired) electrons. The molecule has 98 valence electrons. The van der Waals surface area contributed by atoms with E-state index in [9.17, 15) is 0 Å². The van der Waals surface area contributed by atoms with E-state index in [1.165, 1.54) is 65.0 Å². The summed E-state index contributed by atoms with van der Waals surface area (Å²) in [6, 6.07) is 1.61. The summed E-state index contributed by atoms with van der Waals surface area (Å²) in [5, 5.41) is 3.58. The molecule has 0 spiro atoms. The molecule has 17 heavy (non-hydrogen) atoms. The number of nitrogens with zero attached hydrogens (tertiary/aromatic N) is 2. The van der Waals surface area contributed by atoms with E-state index in [0.29, 0.717) is 0 Å². The van der Waals surface area contributed by atoms with Gasteiger partial charge in [-0.05, 0) is 45.2 Å². The molecule has 3 rings (SSSR count). The summed E-state index contributed by atoms with van der Waals surface area (Å²) in [6.45, 7) is 10.2.